The van der Waals surface area contributed by atoms with Crippen molar-refractivity contribution in [1.29, 1.82) is 0 Å². The van der Waals surface area contributed by atoms with Gasteiger partial charge in [0.1, 0.15) is 0 Å². The minimum absolute atomic E-state index is 0.460. The molecule has 0 radical (unpaired) electrons. The molecule has 0 aromatic heterocycles. The summed E-state index contributed by atoms with van der Waals surface area (Å²) in [6, 6.07) is 1.31. The zero-order valence-electron chi connectivity index (χ0n) is 14.2. The van der Waals surface area contributed by atoms with Crippen molar-refractivity contribution in [1.82, 2.24) is 10.2 Å². The number of nitrogens with zero attached hydrogens (tertiary/aromatic N) is 1. The Hall–Kier alpha value is -0.120. The molecule has 20 heavy (non-hydrogen) atoms. The molecule has 0 spiro atoms. The third-order valence-corrected chi connectivity index (χ3v) is 4.38. The number of rotatable bonds is 10. The molecule has 120 valence electrons. The molecule has 3 atom stereocenters. The second kappa shape index (κ2) is 10.6. The molecule has 1 fully saturated rings. The SMILES string of the molecule is CCCOC1CCCN(C(CC)C(CCC)NCC)C1. The molecule has 3 heteroatoms. The van der Waals surface area contributed by atoms with Crippen molar-refractivity contribution in [2.24, 2.45) is 0 Å². The van der Waals surface area contributed by atoms with Gasteiger partial charge in [-0.25, -0.2) is 0 Å². The van der Waals surface area contributed by atoms with E-state index in [9.17, 15) is 0 Å². The minimum atomic E-state index is 0.460. The van der Waals surface area contributed by atoms with Gasteiger partial charge in [0.15, 0.2) is 0 Å². The highest BCUT2D eigenvalue weighted by atomic mass is 16.5. The fourth-order valence-corrected chi connectivity index (χ4v) is 3.49. The van der Waals surface area contributed by atoms with Crippen LogP contribution >= 0.6 is 0 Å². The first-order valence-electron chi connectivity index (χ1n) is 8.85. The first kappa shape index (κ1) is 17.9. The van der Waals surface area contributed by atoms with Crippen LogP contribution in [0.4, 0.5) is 0 Å². The second-order valence-corrected chi connectivity index (χ2v) is 6.06. The Morgan fingerprint density at radius 3 is 2.60 bits per heavy atom. The Bertz CT molecular complexity index is 229. The molecule has 3 unspecified atom stereocenters. The Morgan fingerprint density at radius 1 is 1.20 bits per heavy atom. The van der Waals surface area contributed by atoms with Gasteiger partial charge in [-0.15, -0.1) is 0 Å². The summed E-state index contributed by atoms with van der Waals surface area (Å²) in [5.74, 6) is 0. The molecule has 0 bridgehead atoms. The van der Waals surface area contributed by atoms with Crippen molar-refractivity contribution >= 4 is 0 Å². The largest absolute Gasteiger partial charge is 0.377 e. The van der Waals surface area contributed by atoms with Crippen molar-refractivity contribution < 1.29 is 4.74 Å². The highest BCUT2D eigenvalue weighted by Gasteiger charge is 2.29. The molecule has 0 aliphatic carbocycles. The highest BCUT2D eigenvalue weighted by molar-refractivity contribution is 4.87. The maximum atomic E-state index is 5.99. The molecule has 1 aliphatic rings. The van der Waals surface area contributed by atoms with Gasteiger partial charge in [0.2, 0.25) is 0 Å². The molecule has 1 aliphatic heterocycles. The summed E-state index contributed by atoms with van der Waals surface area (Å²) in [5, 5.41) is 3.71. The summed E-state index contributed by atoms with van der Waals surface area (Å²) < 4.78 is 5.99. The predicted molar refractivity (Wildman–Crippen MR) is 87.3 cm³/mol. The molecular formula is C17H36N2O. The maximum absolute atomic E-state index is 5.99. The molecule has 1 saturated heterocycles. The van der Waals surface area contributed by atoms with Crippen LogP contribution in [0, 0.1) is 0 Å². The molecule has 3 nitrogen and oxygen atoms in total. The Balaban J connectivity index is 2.57. The van der Waals surface area contributed by atoms with E-state index >= 15 is 0 Å². The van der Waals surface area contributed by atoms with E-state index in [1.807, 2.05) is 0 Å². The van der Waals surface area contributed by atoms with Gasteiger partial charge in [0, 0.05) is 25.2 Å². The van der Waals surface area contributed by atoms with Gasteiger partial charge in [0.05, 0.1) is 6.10 Å². The lowest BCUT2D eigenvalue weighted by atomic mass is 9.96. The van der Waals surface area contributed by atoms with Crippen LogP contribution in [0.2, 0.25) is 0 Å². The fourth-order valence-electron chi connectivity index (χ4n) is 3.49. The van der Waals surface area contributed by atoms with Gasteiger partial charge in [0.25, 0.3) is 0 Å². The summed E-state index contributed by atoms with van der Waals surface area (Å²) in [6.07, 6.45) is 7.90. The van der Waals surface area contributed by atoms with Crippen molar-refractivity contribution in [3.8, 4) is 0 Å². The Labute approximate surface area is 126 Å². The topological polar surface area (TPSA) is 24.5 Å². The summed E-state index contributed by atoms with van der Waals surface area (Å²) in [4.78, 5) is 2.69. The standard InChI is InChI=1S/C17H36N2O/c1-5-10-16(18-8-4)17(7-3)19-12-9-11-15(14-19)20-13-6-2/h15-18H,5-14H2,1-4H3. The van der Waals surface area contributed by atoms with Crippen molar-refractivity contribution in [2.45, 2.75) is 84.4 Å². The fraction of sp³-hybridized carbons (Fsp3) is 1.00. The third-order valence-electron chi connectivity index (χ3n) is 4.38. The monoisotopic (exact) mass is 284 g/mol. The maximum Gasteiger partial charge on any atom is 0.0702 e. The van der Waals surface area contributed by atoms with Crippen LogP contribution in [-0.2, 0) is 4.74 Å². The summed E-state index contributed by atoms with van der Waals surface area (Å²) in [7, 11) is 0. The van der Waals surface area contributed by atoms with Crippen LogP contribution < -0.4 is 5.32 Å². The molecule has 0 saturated carbocycles. The third kappa shape index (κ3) is 5.71. The van der Waals surface area contributed by atoms with E-state index in [1.54, 1.807) is 0 Å². The second-order valence-electron chi connectivity index (χ2n) is 6.06. The van der Waals surface area contributed by atoms with Gasteiger partial charge in [-0.3, -0.25) is 4.90 Å². The molecule has 1 heterocycles. The Morgan fingerprint density at radius 2 is 2.00 bits per heavy atom. The lowest BCUT2D eigenvalue weighted by molar-refractivity contribution is -0.0185. The first-order valence-corrected chi connectivity index (χ1v) is 8.85. The molecule has 0 aromatic carbocycles. The van der Waals surface area contributed by atoms with Gasteiger partial charge in [-0.05, 0) is 45.2 Å². The van der Waals surface area contributed by atoms with E-state index in [-0.39, 0.29) is 0 Å². The van der Waals surface area contributed by atoms with Crippen LogP contribution in [0.25, 0.3) is 0 Å². The van der Waals surface area contributed by atoms with Crippen molar-refractivity contribution in [3.63, 3.8) is 0 Å². The molecular weight excluding hydrogens is 248 g/mol. The average molecular weight is 284 g/mol. The predicted octanol–water partition coefficient (Wildman–Crippen LogP) is 3.43. The van der Waals surface area contributed by atoms with Crippen molar-refractivity contribution in [3.05, 3.63) is 0 Å². The van der Waals surface area contributed by atoms with E-state index in [4.69, 9.17) is 4.74 Å². The van der Waals surface area contributed by atoms with E-state index in [0.29, 0.717) is 18.2 Å². The number of hydrogen-bond donors (Lipinski definition) is 1. The van der Waals surface area contributed by atoms with Gasteiger partial charge >= 0.3 is 0 Å². The lowest BCUT2D eigenvalue weighted by Gasteiger charge is -2.41. The number of ether oxygens (including phenoxy) is 1. The first-order chi connectivity index (χ1) is 9.76. The van der Waals surface area contributed by atoms with E-state index in [0.717, 1.165) is 26.1 Å². The van der Waals surface area contributed by atoms with Crippen LogP contribution in [-0.4, -0.2) is 49.3 Å². The van der Waals surface area contributed by atoms with Crippen molar-refractivity contribution in [2.75, 3.05) is 26.2 Å². The molecule has 1 N–H and O–H groups in total. The van der Waals surface area contributed by atoms with Gasteiger partial charge in [-0.2, -0.15) is 0 Å². The van der Waals surface area contributed by atoms with Crippen LogP contribution in [0.1, 0.15) is 66.2 Å². The van der Waals surface area contributed by atoms with E-state index in [1.165, 1.54) is 38.6 Å². The van der Waals surface area contributed by atoms with Gasteiger partial charge in [-0.1, -0.05) is 34.1 Å². The summed E-state index contributed by atoms with van der Waals surface area (Å²) >= 11 is 0. The normalized spacial score (nSPS) is 23.7. The number of hydrogen-bond acceptors (Lipinski definition) is 3. The zero-order valence-corrected chi connectivity index (χ0v) is 14.2. The molecule has 0 amide bonds. The average Bonchev–Trinajstić information content (AvgIpc) is 2.47. The van der Waals surface area contributed by atoms with Gasteiger partial charge < -0.3 is 10.1 Å². The van der Waals surface area contributed by atoms with Crippen LogP contribution in [0.15, 0.2) is 0 Å². The molecule has 1 rings (SSSR count). The smallest absolute Gasteiger partial charge is 0.0702 e. The van der Waals surface area contributed by atoms with Crippen LogP contribution in [0.3, 0.4) is 0 Å². The zero-order chi connectivity index (χ0) is 14.8. The number of piperidine rings is 1. The lowest BCUT2D eigenvalue weighted by Crippen LogP contribution is -2.54. The number of nitrogens with one attached hydrogen (secondary N) is 1. The van der Waals surface area contributed by atoms with Crippen LogP contribution in [0.5, 0.6) is 0 Å². The summed E-state index contributed by atoms with van der Waals surface area (Å²) in [6.45, 7) is 13.4. The minimum Gasteiger partial charge on any atom is -0.377 e. The summed E-state index contributed by atoms with van der Waals surface area (Å²) in [5.41, 5.74) is 0. The molecule has 0 aromatic rings. The number of likely N-dealkylation sites (tertiary alicyclic amines) is 1. The van der Waals surface area contributed by atoms with E-state index in [2.05, 4.69) is 37.9 Å². The van der Waals surface area contributed by atoms with E-state index < -0.39 is 0 Å². The Kier molecular flexibility index (Phi) is 9.49. The number of likely N-dealkylation sites (N-methyl/N-ethyl adjacent to an activating group) is 1. The highest BCUT2D eigenvalue weighted by Crippen LogP contribution is 2.21. The quantitative estimate of drug-likeness (QED) is 0.665.